The van der Waals surface area contributed by atoms with E-state index in [9.17, 15) is 14.4 Å². The van der Waals surface area contributed by atoms with E-state index in [1.807, 2.05) is 0 Å². The lowest BCUT2D eigenvalue weighted by Gasteiger charge is -2.15. The molecule has 90 valence electrons. The molecule has 0 bridgehead atoms. The van der Waals surface area contributed by atoms with Gasteiger partial charge in [0.15, 0.2) is 0 Å². The summed E-state index contributed by atoms with van der Waals surface area (Å²) in [4.78, 5) is 36.2. The quantitative estimate of drug-likeness (QED) is 0.567. The molecule has 0 aromatic heterocycles. The number of aliphatic hydroxyl groups excluding tert-OH is 1. The van der Waals surface area contributed by atoms with Gasteiger partial charge in [-0.25, -0.2) is 4.79 Å². The van der Waals surface area contributed by atoms with Crippen LogP contribution in [0.15, 0.2) is 0 Å². The van der Waals surface area contributed by atoms with Crippen molar-refractivity contribution in [2.75, 3.05) is 26.7 Å². The van der Waals surface area contributed by atoms with Crippen molar-refractivity contribution >= 4 is 17.8 Å². The van der Waals surface area contributed by atoms with Crippen LogP contribution in [0.2, 0.25) is 0 Å². The molecule has 1 rings (SSSR count). The number of hydrogen-bond acceptors (Lipinski definition) is 4. The summed E-state index contributed by atoms with van der Waals surface area (Å²) in [5.41, 5.74) is 0. The summed E-state index contributed by atoms with van der Waals surface area (Å²) in [6.45, 7) is 1.14. The fourth-order valence-corrected chi connectivity index (χ4v) is 1.33. The first kappa shape index (κ1) is 12.4. The Morgan fingerprint density at radius 3 is 2.62 bits per heavy atom. The number of hydrogen-bond donors (Lipinski definition) is 2. The first-order valence-corrected chi connectivity index (χ1v) is 4.91. The number of rotatable bonds is 4. The van der Waals surface area contributed by atoms with Crippen molar-refractivity contribution < 1.29 is 19.5 Å². The zero-order valence-corrected chi connectivity index (χ0v) is 9.27. The van der Waals surface area contributed by atoms with E-state index in [1.165, 1.54) is 11.9 Å². The summed E-state index contributed by atoms with van der Waals surface area (Å²) in [7, 11) is 1.49. The minimum absolute atomic E-state index is 0.00165. The molecule has 4 amide bonds. The normalized spacial score (nSPS) is 17.9. The van der Waals surface area contributed by atoms with Crippen molar-refractivity contribution in [2.45, 2.75) is 13.0 Å². The van der Waals surface area contributed by atoms with Crippen LogP contribution in [0.25, 0.3) is 0 Å². The number of imide groups is 1. The second kappa shape index (κ2) is 4.93. The van der Waals surface area contributed by atoms with Crippen molar-refractivity contribution in [3.05, 3.63) is 0 Å². The maximum absolute atomic E-state index is 11.4. The predicted octanol–water partition coefficient (Wildman–Crippen LogP) is -1.62. The van der Waals surface area contributed by atoms with Gasteiger partial charge in [0.25, 0.3) is 5.91 Å². The molecule has 1 unspecified atom stereocenters. The number of carbonyl (C=O) groups excluding carboxylic acids is 3. The monoisotopic (exact) mass is 229 g/mol. The molecule has 0 aromatic rings. The zero-order chi connectivity index (χ0) is 12.3. The van der Waals surface area contributed by atoms with Crippen LogP contribution < -0.4 is 5.32 Å². The van der Waals surface area contributed by atoms with Crippen LogP contribution in [0.3, 0.4) is 0 Å². The number of amides is 4. The van der Waals surface area contributed by atoms with Crippen LogP contribution in [0.4, 0.5) is 4.79 Å². The van der Waals surface area contributed by atoms with E-state index in [-0.39, 0.29) is 25.6 Å². The topological polar surface area (TPSA) is 89.9 Å². The minimum Gasteiger partial charge on any atom is -0.394 e. The Morgan fingerprint density at radius 1 is 1.56 bits per heavy atom. The molecule has 1 saturated heterocycles. The lowest BCUT2D eigenvalue weighted by atomic mass is 10.3. The first-order valence-electron chi connectivity index (χ1n) is 4.91. The molecule has 0 radical (unpaired) electrons. The van der Waals surface area contributed by atoms with Gasteiger partial charge in [0.2, 0.25) is 5.91 Å². The summed E-state index contributed by atoms with van der Waals surface area (Å²) in [6.07, 6.45) is 0. The van der Waals surface area contributed by atoms with E-state index >= 15 is 0 Å². The molecular formula is C9H15N3O4. The van der Waals surface area contributed by atoms with Crippen LogP contribution >= 0.6 is 0 Å². The van der Waals surface area contributed by atoms with E-state index in [0.29, 0.717) is 0 Å². The maximum Gasteiger partial charge on any atom is 0.327 e. The molecule has 1 fully saturated rings. The summed E-state index contributed by atoms with van der Waals surface area (Å²) in [5, 5.41) is 11.2. The van der Waals surface area contributed by atoms with Gasteiger partial charge in [-0.05, 0) is 6.92 Å². The molecule has 7 heteroatoms. The number of likely N-dealkylation sites (N-methyl/N-ethyl adjacent to an activating group) is 1. The number of aliphatic hydroxyl groups is 1. The Labute approximate surface area is 93.0 Å². The van der Waals surface area contributed by atoms with E-state index in [0.717, 1.165) is 4.90 Å². The van der Waals surface area contributed by atoms with Crippen molar-refractivity contribution in [1.29, 1.82) is 0 Å². The highest BCUT2D eigenvalue weighted by Crippen LogP contribution is 2.06. The first-order chi connectivity index (χ1) is 7.45. The highest BCUT2D eigenvalue weighted by Gasteiger charge is 2.34. The molecule has 2 N–H and O–H groups in total. The highest BCUT2D eigenvalue weighted by molar-refractivity contribution is 6.04. The smallest absolute Gasteiger partial charge is 0.327 e. The zero-order valence-electron chi connectivity index (χ0n) is 9.27. The molecular weight excluding hydrogens is 214 g/mol. The SMILES string of the molecule is CC(CO)NC(=O)CN1C(=O)CN(C)C1=O. The Morgan fingerprint density at radius 2 is 2.19 bits per heavy atom. The average molecular weight is 229 g/mol. The van der Waals surface area contributed by atoms with Gasteiger partial charge in [-0.3, -0.25) is 14.5 Å². The fourth-order valence-electron chi connectivity index (χ4n) is 1.33. The standard InChI is InChI=1S/C9H15N3O4/c1-6(5-13)10-7(14)3-12-8(15)4-11(2)9(12)16/h6,13H,3-5H2,1-2H3,(H,10,14). The van der Waals surface area contributed by atoms with Crippen LogP contribution in [-0.4, -0.2) is 65.5 Å². The Balaban J connectivity index is 2.51. The van der Waals surface area contributed by atoms with Gasteiger partial charge < -0.3 is 15.3 Å². The Kier molecular flexibility index (Phi) is 3.83. The molecule has 1 heterocycles. The van der Waals surface area contributed by atoms with E-state index < -0.39 is 18.0 Å². The third kappa shape index (κ3) is 2.69. The minimum atomic E-state index is -0.475. The number of urea groups is 1. The van der Waals surface area contributed by atoms with Crippen LogP contribution in [0, 0.1) is 0 Å². The number of nitrogens with one attached hydrogen (secondary N) is 1. The third-order valence-electron chi connectivity index (χ3n) is 2.21. The molecule has 1 aliphatic rings. The van der Waals surface area contributed by atoms with Crippen LogP contribution in [-0.2, 0) is 9.59 Å². The van der Waals surface area contributed by atoms with Gasteiger partial charge in [-0.2, -0.15) is 0 Å². The molecule has 0 spiro atoms. The summed E-state index contributed by atoms with van der Waals surface area (Å²) in [6, 6.07) is -0.866. The van der Waals surface area contributed by atoms with Crippen LogP contribution in [0.1, 0.15) is 6.92 Å². The average Bonchev–Trinajstić information content (AvgIpc) is 2.45. The lowest BCUT2D eigenvalue weighted by Crippen LogP contribution is -2.44. The van der Waals surface area contributed by atoms with Gasteiger partial charge >= 0.3 is 6.03 Å². The number of carbonyl (C=O) groups is 3. The predicted molar refractivity (Wildman–Crippen MR) is 54.4 cm³/mol. The Bertz CT molecular complexity index is 318. The molecule has 0 aromatic carbocycles. The molecule has 0 aliphatic carbocycles. The second-order valence-corrected chi connectivity index (χ2v) is 3.77. The largest absolute Gasteiger partial charge is 0.394 e. The highest BCUT2D eigenvalue weighted by atomic mass is 16.3. The van der Waals surface area contributed by atoms with Crippen molar-refractivity contribution in [3.8, 4) is 0 Å². The van der Waals surface area contributed by atoms with Gasteiger partial charge in [0, 0.05) is 13.1 Å². The van der Waals surface area contributed by atoms with Gasteiger partial charge in [-0.1, -0.05) is 0 Å². The molecule has 0 saturated carbocycles. The van der Waals surface area contributed by atoms with Crippen molar-refractivity contribution in [2.24, 2.45) is 0 Å². The molecule has 1 aliphatic heterocycles. The maximum atomic E-state index is 11.4. The van der Waals surface area contributed by atoms with Crippen molar-refractivity contribution in [3.63, 3.8) is 0 Å². The van der Waals surface area contributed by atoms with Crippen LogP contribution in [0.5, 0.6) is 0 Å². The summed E-state index contributed by atoms with van der Waals surface area (Å²) in [5.74, 6) is -0.849. The van der Waals surface area contributed by atoms with Gasteiger partial charge in [-0.15, -0.1) is 0 Å². The number of nitrogens with zero attached hydrogens (tertiary/aromatic N) is 2. The fraction of sp³-hybridized carbons (Fsp3) is 0.667. The lowest BCUT2D eigenvalue weighted by molar-refractivity contribution is -0.131. The summed E-state index contributed by atoms with van der Waals surface area (Å²) < 4.78 is 0. The van der Waals surface area contributed by atoms with Gasteiger partial charge in [0.05, 0.1) is 6.61 Å². The Hall–Kier alpha value is -1.63. The van der Waals surface area contributed by atoms with E-state index in [2.05, 4.69) is 5.32 Å². The molecule has 1 atom stereocenters. The second-order valence-electron chi connectivity index (χ2n) is 3.77. The van der Waals surface area contributed by atoms with Gasteiger partial charge in [0.1, 0.15) is 13.1 Å². The molecule has 7 nitrogen and oxygen atoms in total. The molecule has 16 heavy (non-hydrogen) atoms. The van der Waals surface area contributed by atoms with Crippen molar-refractivity contribution in [1.82, 2.24) is 15.1 Å². The van der Waals surface area contributed by atoms with E-state index in [1.54, 1.807) is 6.92 Å². The van der Waals surface area contributed by atoms with E-state index in [4.69, 9.17) is 5.11 Å². The summed E-state index contributed by atoms with van der Waals surface area (Å²) >= 11 is 0. The third-order valence-corrected chi connectivity index (χ3v) is 2.21.